The largest absolute Gasteiger partial charge is 0.320 e. The average molecular weight is 195 g/mol. The van der Waals surface area contributed by atoms with Gasteiger partial charge in [-0.2, -0.15) is 5.10 Å². The third kappa shape index (κ3) is 2.84. The Morgan fingerprint density at radius 3 is 2.71 bits per heavy atom. The van der Waals surface area contributed by atoms with Gasteiger partial charge < -0.3 is 5.32 Å². The van der Waals surface area contributed by atoms with Crippen LogP contribution in [0.4, 0.5) is 0 Å². The maximum absolute atomic E-state index is 4.12. The van der Waals surface area contributed by atoms with Crippen LogP contribution < -0.4 is 5.32 Å². The van der Waals surface area contributed by atoms with Crippen LogP contribution in [0.1, 0.15) is 38.4 Å². The molecule has 14 heavy (non-hydrogen) atoms. The molecule has 1 heterocycles. The monoisotopic (exact) mass is 195 g/mol. The number of hydrogen-bond acceptors (Lipinski definition) is 2. The summed E-state index contributed by atoms with van der Waals surface area (Å²) in [4.78, 5) is 0. The Bertz CT molecular complexity index is 270. The van der Waals surface area contributed by atoms with Crippen LogP contribution in [-0.4, -0.2) is 23.8 Å². The molecule has 0 saturated carbocycles. The molecule has 0 saturated heterocycles. The summed E-state index contributed by atoms with van der Waals surface area (Å²) < 4.78 is 0. The van der Waals surface area contributed by atoms with E-state index in [-0.39, 0.29) is 5.41 Å². The predicted molar refractivity (Wildman–Crippen MR) is 59.5 cm³/mol. The lowest BCUT2D eigenvalue weighted by atomic mass is 9.88. The topological polar surface area (TPSA) is 40.7 Å². The summed E-state index contributed by atoms with van der Waals surface area (Å²) in [6.45, 7) is 7.70. The lowest BCUT2D eigenvalue weighted by Gasteiger charge is -2.18. The molecule has 0 aliphatic rings. The van der Waals surface area contributed by atoms with E-state index in [1.54, 1.807) is 0 Å². The second-order valence-electron chi connectivity index (χ2n) is 4.73. The Labute approximate surface area is 86.3 Å². The molecule has 2 N–H and O–H groups in total. The van der Waals surface area contributed by atoms with Crippen LogP contribution in [0.25, 0.3) is 0 Å². The summed E-state index contributed by atoms with van der Waals surface area (Å²) in [6, 6.07) is 0. The van der Waals surface area contributed by atoms with Crippen molar-refractivity contribution < 1.29 is 0 Å². The van der Waals surface area contributed by atoms with Gasteiger partial charge in [0.25, 0.3) is 0 Å². The van der Waals surface area contributed by atoms with E-state index in [1.165, 1.54) is 17.7 Å². The summed E-state index contributed by atoms with van der Waals surface area (Å²) in [5.74, 6) is 0. The van der Waals surface area contributed by atoms with Gasteiger partial charge in [0.15, 0.2) is 0 Å². The Hall–Kier alpha value is -0.830. The molecule has 0 unspecified atom stereocenters. The highest BCUT2D eigenvalue weighted by molar-refractivity contribution is 5.23. The number of aromatic amines is 1. The standard InChI is InChI=1S/C11H21N3/c1-11(2,3)10-9(8-13-14-10)6-5-7-12-4/h8,12H,5-7H2,1-4H3,(H,13,14). The van der Waals surface area contributed by atoms with Crippen molar-refractivity contribution in [1.82, 2.24) is 15.5 Å². The van der Waals surface area contributed by atoms with E-state index in [4.69, 9.17) is 0 Å². The van der Waals surface area contributed by atoms with Gasteiger partial charge in [0.2, 0.25) is 0 Å². The third-order valence-electron chi connectivity index (χ3n) is 2.34. The zero-order chi connectivity index (χ0) is 10.6. The van der Waals surface area contributed by atoms with Gasteiger partial charge in [-0.05, 0) is 32.0 Å². The lowest BCUT2D eigenvalue weighted by molar-refractivity contribution is 0.557. The van der Waals surface area contributed by atoms with E-state index in [0.717, 1.165) is 13.0 Å². The normalized spacial score (nSPS) is 12.0. The number of hydrogen-bond donors (Lipinski definition) is 2. The van der Waals surface area contributed by atoms with Crippen molar-refractivity contribution in [3.8, 4) is 0 Å². The molecular formula is C11H21N3. The molecule has 0 radical (unpaired) electrons. The zero-order valence-corrected chi connectivity index (χ0v) is 9.65. The van der Waals surface area contributed by atoms with Crippen LogP contribution in [0.15, 0.2) is 6.20 Å². The lowest BCUT2D eigenvalue weighted by Crippen LogP contribution is -2.15. The number of aromatic nitrogens is 2. The van der Waals surface area contributed by atoms with E-state index in [9.17, 15) is 0 Å². The van der Waals surface area contributed by atoms with Gasteiger partial charge >= 0.3 is 0 Å². The van der Waals surface area contributed by atoms with Crippen LogP contribution in [0.5, 0.6) is 0 Å². The van der Waals surface area contributed by atoms with Crippen LogP contribution in [0.2, 0.25) is 0 Å². The van der Waals surface area contributed by atoms with Crippen LogP contribution in [-0.2, 0) is 11.8 Å². The Morgan fingerprint density at radius 1 is 1.43 bits per heavy atom. The summed E-state index contributed by atoms with van der Waals surface area (Å²) in [7, 11) is 1.99. The molecule has 0 aromatic carbocycles. The molecule has 1 aromatic heterocycles. The fourth-order valence-electron chi connectivity index (χ4n) is 1.61. The second kappa shape index (κ2) is 4.60. The highest BCUT2D eigenvalue weighted by Crippen LogP contribution is 2.23. The minimum atomic E-state index is 0.172. The first-order valence-electron chi connectivity index (χ1n) is 5.23. The maximum atomic E-state index is 4.12. The average Bonchev–Trinajstić information content (AvgIpc) is 2.52. The smallest absolute Gasteiger partial charge is 0.0522 e. The molecule has 1 aromatic rings. The first-order valence-corrected chi connectivity index (χ1v) is 5.23. The molecule has 0 aliphatic heterocycles. The van der Waals surface area contributed by atoms with E-state index in [0.29, 0.717) is 0 Å². The van der Waals surface area contributed by atoms with Crippen LogP contribution in [0, 0.1) is 0 Å². The molecule has 80 valence electrons. The van der Waals surface area contributed by atoms with Crippen molar-refractivity contribution in [3.05, 3.63) is 17.5 Å². The molecule has 3 nitrogen and oxygen atoms in total. The second-order valence-corrected chi connectivity index (χ2v) is 4.73. The highest BCUT2D eigenvalue weighted by Gasteiger charge is 2.19. The van der Waals surface area contributed by atoms with Crippen molar-refractivity contribution in [2.75, 3.05) is 13.6 Å². The van der Waals surface area contributed by atoms with Crippen molar-refractivity contribution in [2.24, 2.45) is 0 Å². The van der Waals surface area contributed by atoms with Gasteiger partial charge in [-0.15, -0.1) is 0 Å². The molecule has 0 spiro atoms. The minimum Gasteiger partial charge on any atom is -0.320 e. The van der Waals surface area contributed by atoms with Gasteiger partial charge in [0, 0.05) is 11.1 Å². The molecule has 0 fully saturated rings. The highest BCUT2D eigenvalue weighted by atomic mass is 15.1. The first-order chi connectivity index (χ1) is 6.55. The molecule has 0 amide bonds. The van der Waals surface area contributed by atoms with E-state index in [2.05, 4.69) is 36.3 Å². The first kappa shape index (κ1) is 11.2. The zero-order valence-electron chi connectivity index (χ0n) is 9.65. The number of nitrogens with zero attached hydrogens (tertiary/aromatic N) is 1. The molecule has 0 atom stereocenters. The summed E-state index contributed by atoms with van der Waals surface area (Å²) >= 11 is 0. The Kier molecular flexibility index (Phi) is 3.69. The van der Waals surface area contributed by atoms with Crippen molar-refractivity contribution in [3.63, 3.8) is 0 Å². The van der Waals surface area contributed by atoms with E-state index in [1.807, 2.05) is 13.2 Å². The summed E-state index contributed by atoms with van der Waals surface area (Å²) in [5.41, 5.74) is 2.80. The quantitative estimate of drug-likeness (QED) is 0.720. The maximum Gasteiger partial charge on any atom is 0.0522 e. The SMILES string of the molecule is CNCCCc1cn[nH]c1C(C)(C)C. The summed E-state index contributed by atoms with van der Waals surface area (Å²) in [6.07, 6.45) is 4.22. The van der Waals surface area contributed by atoms with Gasteiger partial charge in [-0.25, -0.2) is 0 Å². The number of rotatable bonds is 4. The number of nitrogens with one attached hydrogen (secondary N) is 2. The van der Waals surface area contributed by atoms with Gasteiger partial charge in [-0.3, -0.25) is 5.10 Å². The Balaban J connectivity index is 2.63. The number of H-pyrrole nitrogens is 1. The molecule has 1 rings (SSSR count). The molecular weight excluding hydrogens is 174 g/mol. The van der Waals surface area contributed by atoms with E-state index < -0.39 is 0 Å². The summed E-state index contributed by atoms with van der Waals surface area (Å²) in [5, 5.41) is 10.4. The van der Waals surface area contributed by atoms with Gasteiger partial charge in [0.1, 0.15) is 0 Å². The minimum absolute atomic E-state index is 0.172. The van der Waals surface area contributed by atoms with E-state index >= 15 is 0 Å². The van der Waals surface area contributed by atoms with Crippen molar-refractivity contribution in [2.45, 2.75) is 39.0 Å². The molecule has 0 bridgehead atoms. The number of aryl methyl sites for hydroxylation is 1. The molecule has 3 heteroatoms. The van der Waals surface area contributed by atoms with Crippen LogP contribution >= 0.6 is 0 Å². The van der Waals surface area contributed by atoms with Crippen LogP contribution in [0.3, 0.4) is 0 Å². The van der Waals surface area contributed by atoms with Gasteiger partial charge in [-0.1, -0.05) is 20.8 Å². The third-order valence-corrected chi connectivity index (χ3v) is 2.34. The van der Waals surface area contributed by atoms with Crippen molar-refractivity contribution >= 4 is 0 Å². The predicted octanol–water partition coefficient (Wildman–Crippen LogP) is 1.86. The van der Waals surface area contributed by atoms with Crippen molar-refractivity contribution in [1.29, 1.82) is 0 Å². The fourth-order valence-corrected chi connectivity index (χ4v) is 1.61. The fraction of sp³-hybridized carbons (Fsp3) is 0.727. The Morgan fingerprint density at radius 2 is 2.14 bits per heavy atom. The van der Waals surface area contributed by atoms with Gasteiger partial charge in [0.05, 0.1) is 6.20 Å². The molecule has 0 aliphatic carbocycles.